The Balaban J connectivity index is 1.28. The third-order valence-electron chi connectivity index (χ3n) is 7.28. The minimum atomic E-state index is -0.657. The molecule has 0 aromatic heterocycles. The topological polar surface area (TPSA) is 91.0 Å². The van der Waals surface area contributed by atoms with Crippen LogP contribution in [0.1, 0.15) is 55.3 Å². The van der Waals surface area contributed by atoms with Gasteiger partial charge < -0.3 is 25.2 Å². The summed E-state index contributed by atoms with van der Waals surface area (Å²) in [4.78, 5) is 43.0. The highest BCUT2D eigenvalue weighted by Gasteiger charge is 2.34. The van der Waals surface area contributed by atoms with Crippen LogP contribution in [-0.2, 0) is 9.59 Å². The summed E-state index contributed by atoms with van der Waals surface area (Å²) in [5.74, 6) is 0.158. The van der Waals surface area contributed by atoms with Crippen molar-refractivity contribution in [1.82, 2.24) is 10.2 Å². The van der Waals surface area contributed by atoms with Crippen LogP contribution < -0.4 is 20.3 Å². The van der Waals surface area contributed by atoms with Gasteiger partial charge in [0.25, 0.3) is 11.8 Å². The van der Waals surface area contributed by atoms with E-state index in [1.807, 2.05) is 34.1 Å². The number of rotatable bonds is 6. The van der Waals surface area contributed by atoms with Crippen LogP contribution in [0, 0.1) is 0 Å². The Bertz CT molecular complexity index is 1110. The molecule has 2 N–H and O–H groups in total. The van der Waals surface area contributed by atoms with Crippen LogP contribution in [0.15, 0.2) is 48.5 Å². The number of amides is 3. The van der Waals surface area contributed by atoms with E-state index < -0.39 is 6.10 Å². The number of likely N-dealkylation sites (tertiary alicyclic amines) is 1. The van der Waals surface area contributed by atoms with Crippen LogP contribution in [0.4, 0.5) is 11.4 Å². The Morgan fingerprint density at radius 1 is 0.889 bits per heavy atom. The first kappa shape index (κ1) is 24.2. The van der Waals surface area contributed by atoms with Crippen LogP contribution in [0.2, 0.25) is 0 Å². The lowest BCUT2D eigenvalue weighted by Crippen LogP contribution is -2.52. The van der Waals surface area contributed by atoms with Crippen molar-refractivity contribution < 1.29 is 19.1 Å². The van der Waals surface area contributed by atoms with E-state index >= 15 is 0 Å². The Labute approximate surface area is 212 Å². The summed E-state index contributed by atoms with van der Waals surface area (Å²) in [5.41, 5.74) is 1.72. The second kappa shape index (κ2) is 11.0. The number of anilines is 2. The summed E-state index contributed by atoms with van der Waals surface area (Å²) in [6.07, 6.45) is 6.75. The van der Waals surface area contributed by atoms with E-state index in [4.69, 9.17) is 4.74 Å². The van der Waals surface area contributed by atoms with E-state index in [2.05, 4.69) is 10.6 Å². The highest BCUT2D eigenvalue weighted by Crippen LogP contribution is 2.33. The van der Waals surface area contributed by atoms with Crippen LogP contribution in [0.5, 0.6) is 5.75 Å². The zero-order chi connectivity index (χ0) is 24.9. The molecule has 1 aliphatic carbocycles. The second-order valence-corrected chi connectivity index (χ2v) is 9.89. The van der Waals surface area contributed by atoms with Gasteiger partial charge in [-0.2, -0.15) is 0 Å². The van der Waals surface area contributed by atoms with Crippen LogP contribution >= 0.6 is 0 Å². The molecule has 8 heteroatoms. The lowest BCUT2D eigenvalue weighted by Gasteiger charge is -2.38. The van der Waals surface area contributed by atoms with Crippen LogP contribution in [0.25, 0.3) is 0 Å². The number of piperidine rings is 1. The average Bonchev–Trinajstić information content (AvgIpc) is 3.42. The summed E-state index contributed by atoms with van der Waals surface area (Å²) in [7, 11) is 0. The van der Waals surface area contributed by atoms with Crippen molar-refractivity contribution in [2.75, 3.05) is 36.4 Å². The Morgan fingerprint density at radius 3 is 2.42 bits per heavy atom. The fraction of sp³-hybridized carbons (Fsp3) is 0.464. The van der Waals surface area contributed by atoms with Crippen LogP contribution in [0.3, 0.4) is 0 Å². The molecule has 0 bridgehead atoms. The maximum atomic E-state index is 13.2. The van der Waals surface area contributed by atoms with Gasteiger partial charge in [-0.1, -0.05) is 37.1 Å². The van der Waals surface area contributed by atoms with Gasteiger partial charge in [0.1, 0.15) is 5.75 Å². The molecule has 1 saturated carbocycles. The Kier molecular flexibility index (Phi) is 7.39. The number of hydrogen-bond acceptors (Lipinski definition) is 5. The van der Waals surface area contributed by atoms with Crippen molar-refractivity contribution in [3.63, 3.8) is 0 Å². The molecule has 0 radical (unpaired) electrons. The molecular formula is C28H34N4O4. The molecule has 36 heavy (non-hydrogen) atoms. The first-order chi connectivity index (χ1) is 17.6. The molecule has 190 valence electrons. The van der Waals surface area contributed by atoms with Gasteiger partial charge in [0.15, 0.2) is 6.10 Å². The fourth-order valence-corrected chi connectivity index (χ4v) is 5.39. The number of nitrogens with one attached hydrogen (secondary N) is 2. The summed E-state index contributed by atoms with van der Waals surface area (Å²) in [6, 6.07) is 14.8. The highest BCUT2D eigenvalue weighted by molar-refractivity contribution is 6.04. The molecule has 3 amide bonds. The van der Waals surface area contributed by atoms with Crippen molar-refractivity contribution in [3.05, 3.63) is 54.1 Å². The van der Waals surface area contributed by atoms with Gasteiger partial charge in [-0.25, -0.2) is 0 Å². The van der Waals surface area contributed by atoms with E-state index in [0.717, 1.165) is 63.7 Å². The van der Waals surface area contributed by atoms with Gasteiger partial charge in [0, 0.05) is 19.1 Å². The molecule has 2 fully saturated rings. The number of carbonyl (C=O) groups is 3. The molecule has 8 nitrogen and oxygen atoms in total. The first-order valence-electron chi connectivity index (χ1n) is 13.1. The van der Waals surface area contributed by atoms with E-state index in [1.165, 1.54) is 0 Å². The minimum absolute atomic E-state index is 0.0245. The quantitative estimate of drug-likeness (QED) is 0.646. The third-order valence-corrected chi connectivity index (χ3v) is 7.28. The molecule has 0 unspecified atom stereocenters. The SMILES string of the molecule is O=C(CN1C[C@@H](C(=O)N2CCCCC2)Oc2ccccc21)Nc1ccccc1C(=O)NC1CCCC1. The zero-order valence-corrected chi connectivity index (χ0v) is 20.6. The van der Waals surface area contributed by atoms with Gasteiger partial charge in [-0.05, 0) is 56.4 Å². The largest absolute Gasteiger partial charge is 0.477 e. The van der Waals surface area contributed by atoms with Gasteiger partial charge in [-0.15, -0.1) is 0 Å². The summed E-state index contributed by atoms with van der Waals surface area (Å²) in [6.45, 7) is 1.84. The molecular weight excluding hydrogens is 456 g/mol. The van der Waals surface area contributed by atoms with E-state index in [-0.39, 0.29) is 30.3 Å². The van der Waals surface area contributed by atoms with Crippen molar-refractivity contribution in [2.24, 2.45) is 0 Å². The predicted octanol–water partition coefficient (Wildman–Crippen LogP) is 3.58. The Morgan fingerprint density at radius 2 is 1.61 bits per heavy atom. The predicted molar refractivity (Wildman–Crippen MR) is 138 cm³/mol. The maximum Gasteiger partial charge on any atom is 0.265 e. The number of carbonyl (C=O) groups excluding carboxylic acids is 3. The van der Waals surface area contributed by atoms with Gasteiger partial charge in [0.2, 0.25) is 5.91 Å². The summed E-state index contributed by atoms with van der Waals surface area (Å²) < 4.78 is 6.07. The lowest BCUT2D eigenvalue weighted by atomic mass is 10.1. The maximum absolute atomic E-state index is 13.2. The van der Waals surface area contributed by atoms with Crippen molar-refractivity contribution in [2.45, 2.75) is 57.1 Å². The van der Waals surface area contributed by atoms with Gasteiger partial charge in [-0.3, -0.25) is 14.4 Å². The standard InChI is InChI=1S/C28H34N4O4/c33-26(30-22-13-5-4-12-21(22)27(34)29-20-10-2-3-11-20)19-32-18-25(28(35)31-16-8-1-9-17-31)36-24-15-7-6-14-23(24)32/h4-7,12-15,20,25H,1-3,8-11,16-19H2,(H,29,34)(H,30,33)/t25-/m0/s1. The Hall–Kier alpha value is -3.55. The summed E-state index contributed by atoms with van der Waals surface area (Å²) in [5, 5.41) is 6.02. The number of benzene rings is 2. The fourth-order valence-electron chi connectivity index (χ4n) is 5.39. The average molecular weight is 491 g/mol. The van der Waals surface area contributed by atoms with E-state index in [1.54, 1.807) is 24.3 Å². The molecule has 2 aromatic rings. The number of fused-ring (bicyclic) bond motifs is 1. The number of ether oxygens (including phenoxy) is 1. The van der Waals surface area contributed by atoms with Crippen molar-refractivity contribution in [3.8, 4) is 5.75 Å². The van der Waals surface area contributed by atoms with Crippen LogP contribution in [-0.4, -0.2) is 60.9 Å². The zero-order valence-electron chi connectivity index (χ0n) is 20.6. The van der Waals surface area contributed by atoms with E-state index in [0.29, 0.717) is 23.5 Å². The molecule has 2 aliphatic heterocycles. The smallest absolute Gasteiger partial charge is 0.265 e. The highest BCUT2D eigenvalue weighted by atomic mass is 16.5. The molecule has 2 heterocycles. The summed E-state index contributed by atoms with van der Waals surface area (Å²) >= 11 is 0. The van der Waals surface area contributed by atoms with Gasteiger partial charge >= 0.3 is 0 Å². The van der Waals surface area contributed by atoms with Crippen molar-refractivity contribution in [1.29, 1.82) is 0 Å². The normalized spacial score (nSPS) is 19.8. The molecule has 0 spiro atoms. The minimum Gasteiger partial charge on any atom is -0.477 e. The lowest BCUT2D eigenvalue weighted by molar-refractivity contribution is -0.139. The van der Waals surface area contributed by atoms with Crippen molar-refractivity contribution >= 4 is 29.1 Å². The second-order valence-electron chi connectivity index (χ2n) is 9.89. The first-order valence-corrected chi connectivity index (χ1v) is 13.1. The third kappa shape index (κ3) is 5.48. The molecule has 1 atom stereocenters. The monoisotopic (exact) mass is 490 g/mol. The number of nitrogens with zero attached hydrogens (tertiary/aromatic N) is 2. The van der Waals surface area contributed by atoms with Gasteiger partial charge in [0.05, 0.1) is 30.0 Å². The number of para-hydroxylation sites is 3. The molecule has 2 aromatic carbocycles. The van der Waals surface area contributed by atoms with E-state index in [9.17, 15) is 14.4 Å². The molecule has 5 rings (SSSR count). The molecule has 3 aliphatic rings. The number of hydrogen-bond donors (Lipinski definition) is 2. The molecule has 1 saturated heterocycles.